The quantitative estimate of drug-likeness (QED) is 0.450. The van der Waals surface area contributed by atoms with Crippen molar-refractivity contribution in [1.82, 2.24) is 4.98 Å². The lowest BCUT2D eigenvalue weighted by Gasteiger charge is -2.21. The fourth-order valence-corrected chi connectivity index (χ4v) is 3.13. The molecule has 0 saturated heterocycles. The summed E-state index contributed by atoms with van der Waals surface area (Å²) in [6.45, 7) is 0. The van der Waals surface area contributed by atoms with Crippen LogP contribution in [-0.4, -0.2) is 25.1 Å². The zero-order valence-electron chi connectivity index (χ0n) is 13.5. The van der Waals surface area contributed by atoms with Gasteiger partial charge in [-0.05, 0) is 24.8 Å². The first-order valence-corrected chi connectivity index (χ1v) is 8.22. The average Bonchev–Trinajstić information content (AvgIpc) is 3.41. The molecular formula is C16H15Cl2N3O4. The van der Waals surface area contributed by atoms with Crippen LogP contribution in [0.2, 0.25) is 10.0 Å². The van der Waals surface area contributed by atoms with Crippen molar-refractivity contribution in [3.8, 4) is 5.75 Å². The second-order valence-electron chi connectivity index (χ2n) is 5.53. The van der Waals surface area contributed by atoms with Crippen molar-refractivity contribution in [2.75, 3.05) is 19.3 Å². The number of hydrogen-bond donors (Lipinski definition) is 0. The van der Waals surface area contributed by atoms with Gasteiger partial charge < -0.3 is 9.94 Å². The van der Waals surface area contributed by atoms with Gasteiger partial charge >= 0.3 is 5.91 Å². The molecule has 0 bridgehead atoms. The molecule has 0 aromatic carbocycles. The molecule has 0 aliphatic heterocycles. The Hall–Kier alpha value is -2.09. The first-order valence-electron chi connectivity index (χ1n) is 7.46. The van der Waals surface area contributed by atoms with E-state index >= 15 is 0 Å². The van der Waals surface area contributed by atoms with E-state index in [1.807, 2.05) is 0 Å². The molecule has 1 fully saturated rings. The van der Waals surface area contributed by atoms with E-state index in [0.29, 0.717) is 16.4 Å². The number of carbonyl (C=O) groups is 1. The molecule has 2 aromatic rings. The topological polar surface area (TPSA) is 78.6 Å². The molecule has 7 nitrogen and oxygen atoms in total. The molecule has 2 aromatic heterocycles. The van der Waals surface area contributed by atoms with Crippen molar-refractivity contribution < 1.29 is 19.1 Å². The Kier molecular flexibility index (Phi) is 4.99. The van der Waals surface area contributed by atoms with Crippen LogP contribution in [0.25, 0.3) is 0 Å². The van der Waals surface area contributed by atoms with Crippen LogP contribution in [0, 0.1) is 5.21 Å². The van der Waals surface area contributed by atoms with E-state index in [0.717, 1.165) is 35.9 Å². The van der Waals surface area contributed by atoms with Crippen LogP contribution >= 0.6 is 23.2 Å². The molecule has 0 unspecified atom stereocenters. The Morgan fingerprint density at radius 1 is 1.32 bits per heavy atom. The monoisotopic (exact) mass is 383 g/mol. The average molecular weight is 384 g/mol. The van der Waals surface area contributed by atoms with Gasteiger partial charge in [-0.1, -0.05) is 23.2 Å². The summed E-state index contributed by atoms with van der Waals surface area (Å²) in [5.74, 6) is 0.453. The lowest BCUT2D eigenvalue weighted by molar-refractivity contribution is -0.605. The van der Waals surface area contributed by atoms with E-state index in [4.69, 9.17) is 32.8 Å². The zero-order chi connectivity index (χ0) is 18.1. The Bertz CT molecular complexity index is 804. The molecule has 1 aliphatic rings. The molecular weight excluding hydrogens is 369 g/mol. The van der Waals surface area contributed by atoms with Crippen molar-refractivity contribution >= 4 is 34.8 Å². The summed E-state index contributed by atoms with van der Waals surface area (Å²) in [4.78, 5) is 22.2. The van der Waals surface area contributed by atoms with Gasteiger partial charge in [0.15, 0.2) is 0 Å². The van der Waals surface area contributed by atoms with Crippen molar-refractivity contribution in [1.29, 1.82) is 0 Å². The predicted molar refractivity (Wildman–Crippen MR) is 92.0 cm³/mol. The summed E-state index contributed by atoms with van der Waals surface area (Å²) in [6.07, 6.45) is 5.76. The second kappa shape index (κ2) is 7.03. The third-order valence-electron chi connectivity index (χ3n) is 3.86. The van der Waals surface area contributed by atoms with Crippen LogP contribution in [0.4, 0.5) is 5.69 Å². The third kappa shape index (κ3) is 3.49. The van der Waals surface area contributed by atoms with Crippen molar-refractivity contribution in [2.24, 2.45) is 0 Å². The van der Waals surface area contributed by atoms with Crippen molar-refractivity contribution in [2.45, 2.75) is 18.8 Å². The Balaban J connectivity index is 2.00. The molecule has 0 N–H and O–H groups in total. The summed E-state index contributed by atoms with van der Waals surface area (Å²) in [5.41, 5.74) is 1.17. The molecule has 1 aliphatic carbocycles. The number of ether oxygens (including phenoxy) is 1. The van der Waals surface area contributed by atoms with Gasteiger partial charge in [-0.15, -0.1) is 0 Å². The number of pyridine rings is 2. The number of methoxy groups -OCH3 is 1. The first kappa shape index (κ1) is 17.7. The largest absolute Gasteiger partial charge is 0.619 e. The van der Waals surface area contributed by atoms with Gasteiger partial charge in [0.05, 0.1) is 20.4 Å². The normalized spacial score (nSPS) is 13.6. The molecule has 3 rings (SSSR count). The number of halogens is 2. The third-order valence-corrected chi connectivity index (χ3v) is 4.41. The number of nitrogens with zero attached hydrogens (tertiary/aromatic N) is 3. The van der Waals surface area contributed by atoms with Crippen LogP contribution in [0.1, 0.15) is 34.8 Å². The molecule has 132 valence electrons. The first-order chi connectivity index (χ1) is 12.0. The Morgan fingerprint density at radius 3 is 2.48 bits per heavy atom. The van der Waals surface area contributed by atoms with Gasteiger partial charge in [0, 0.05) is 5.56 Å². The molecule has 1 saturated carbocycles. The SMILES string of the molecule is COc1cnc(C(=O)N(OC)c2c(Cl)c[n+]([O-])cc2Cl)cc1C1CC1. The number of anilines is 1. The van der Waals surface area contributed by atoms with Gasteiger partial charge in [-0.2, -0.15) is 9.79 Å². The molecule has 2 heterocycles. The van der Waals surface area contributed by atoms with Gasteiger partial charge in [0.2, 0.25) is 12.4 Å². The minimum atomic E-state index is -0.556. The van der Waals surface area contributed by atoms with E-state index < -0.39 is 5.91 Å². The second-order valence-corrected chi connectivity index (χ2v) is 6.34. The molecule has 1 amide bonds. The number of aromatic nitrogens is 2. The number of carbonyl (C=O) groups excluding carboxylic acids is 1. The standard InChI is InChI=1S/C16H15Cl2N3O4/c1-24-14-6-19-13(5-10(14)9-3-4-9)16(22)21(25-2)15-11(17)7-20(23)8-12(15)18/h5-9H,3-4H2,1-2H3. The van der Waals surface area contributed by atoms with Crippen LogP contribution in [-0.2, 0) is 4.84 Å². The van der Waals surface area contributed by atoms with E-state index in [2.05, 4.69) is 4.98 Å². The van der Waals surface area contributed by atoms with Crippen molar-refractivity contribution in [3.05, 3.63) is 51.2 Å². The van der Waals surface area contributed by atoms with Crippen LogP contribution in [0.3, 0.4) is 0 Å². The summed E-state index contributed by atoms with van der Waals surface area (Å²) >= 11 is 12.1. The fraction of sp³-hybridized carbons (Fsp3) is 0.312. The summed E-state index contributed by atoms with van der Waals surface area (Å²) < 4.78 is 5.75. The Morgan fingerprint density at radius 2 is 1.96 bits per heavy atom. The lowest BCUT2D eigenvalue weighted by Crippen LogP contribution is -2.33. The lowest BCUT2D eigenvalue weighted by atomic mass is 10.1. The summed E-state index contributed by atoms with van der Waals surface area (Å²) in [6, 6.07) is 1.68. The zero-order valence-corrected chi connectivity index (χ0v) is 15.0. The van der Waals surface area contributed by atoms with E-state index in [-0.39, 0.29) is 21.4 Å². The van der Waals surface area contributed by atoms with Crippen molar-refractivity contribution in [3.63, 3.8) is 0 Å². The Labute approximate surface area is 154 Å². The maximum Gasteiger partial charge on any atom is 0.300 e. The van der Waals surface area contributed by atoms with Gasteiger partial charge in [-0.3, -0.25) is 9.63 Å². The highest BCUT2D eigenvalue weighted by Crippen LogP contribution is 2.44. The van der Waals surface area contributed by atoms with E-state index in [1.165, 1.54) is 13.3 Å². The maximum atomic E-state index is 12.9. The summed E-state index contributed by atoms with van der Waals surface area (Å²) in [5, 5.41) is 12.3. The molecule has 0 spiro atoms. The van der Waals surface area contributed by atoms with Gasteiger partial charge in [0.25, 0.3) is 0 Å². The number of hydrogen-bond acceptors (Lipinski definition) is 5. The summed E-state index contributed by atoms with van der Waals surface area (Å²) in [7, 11) is 2.86. The minimum Gasteiger partial charge on any atom is -0.619 e. The highest BCUT2D eigenvalue weighted by atomic mass is 35.5. The van der Waals surface area contributed by atoms with Crippen LogP contribution in [0.15, 0.2) is 24.7 Å². The van der Waals surface area contributed by atoms with E-state index in [1.54, 1.807) is 13.2 Å². The number of hydroxylamine groups is 1. The molecule has 25 heavy (non-hydrogen) atoms. The smallest absolute Gasteiger partial charge is 0.300 e. The van der Waals surface area contributed by atoms with E-state index in [9.17, 15) is 10.0 Å². The van der Waals surface area contributed by atoms with Gasteiger partial charge in [0.1, 0.15) is 27.2 Å². The number of rotatable bonds is 5. The number of amides is 1. The predicted octanol–water partition coefficient (Wildman–Crippen LogP) is 3.12. The highest BCUT2D eigenvalue weighted by Gasteiger charge is 2.31. The molecule has 0 atom stereocenters. The fourth-order valence-electron chi connectivity index (χ4n) is 2.53. The van der Waals surface area contributed by atoms with Crippen LogP contribution in [0.5, 0.6) is 5.75 Å². The maximum absolute atomic E-state index is 12.9. The minimum absolute atomic E-state index is 0.0198. The molecule has 9 heteroatoms. The van der Waals surface area contributed by atoms with Crippen LogP contribution < -0.4 is 14.5 Å². The molecule has 0 radical (unpaired) electrons. The van der Waals surface area contributed by atoms with Gasteiger partial charge in [-0.25, -0.2) is 4.98 Å². The highest BCUT2D eigenvalue weighted by molar-refractivity contribution is 6.39.